The van der Waals surface area contributed by atoms with Crippen molar-refractivity contribution in [3.05, 3.63) is 0 Å². The summed E-state index contributed by atoms with van der Waals surface area (Å²) in [5.41, 5.74) is 0. The van der Waals surface area contributed by atoms with Crippen molar-refractivity contribution in [1.82, 2.24) is 14.7 Å². The molecule has 0 amide bonds. The quantitative estimate of drug-likeness (QED) is 0.284. The predicted molar refractivity (Wildman–Crippen MR) is 138 cm³/mol. The normalized spacial score (nSPS) is 21.3. The van der Waals surface area contributed by atoms with Crippen LogP contribution in [-0.2, 0) is 0 Å². The molecule has 184 valence electrons. The maximum absolute atomic E-state index is 2.75. The summed E-state index contributed by atoms with van der Waals surface area (Å²) < 4.78 is 0. The van der Waals surface area contributed by atoms with Crippen LogP contribution in [0, 0.1) is 11.8 Å². The monoisotopic (exact) mass is 435 g/mol. The summed E-state index contributed by atoms with van der Waals surface area (Å²) in [6.45, 7) is 20.6. The largest absolute Gasteiger partial charge is 0.301 e. The molecule has 2 aliphatic carbocycles. The lowest BCUT2D eigenvalue weighted by Crippen LogP contribution is -2.44. The van der Waals surface area contributed by atoms with Crippen LogP contribution in [0.25, 0.3) is 0 Å². The van der Waals surface area contributed by atoms with Crippen LogP contribution in [0.1, 0.15) is 112 Å². The first-order valence-electron chi connectivity index (χ1n) is 14.3. The minimum absolute atomic E-state index is 0.745. The molecule has 3 heteroatoms. The van der Waals surface area contributed by atoms with Gasteiger partial charge in [0.15, 0.2) is 0 Å². The van der Waals surface area contributed by atoms with Gasteiger partial charge in [0.2, 0.25) is 0 Å². The van der Waals surface area contributed by atoms with Crippen molar-refractivity contribution in [2.45, 2.75) is 124 Å². The Labute approximate surface area is 196 Å². The Kier molecular flexibility index (Phi) is 13.7. The van der Waals surface area contributed by atoms with E-state index in [1.807, 2.05) is 0 Å². The molecular weight excluding hydrogens is 378 g/mol. The summed E-state index contributed by atoms with van der Waals surface area (Å²) >= 11 is 0. The van der Waals surface area contributed by atoms with Crippen molar-refractivity contribution < 1.29 is 0 Å². The van der Waals surface area contributed by atoms with Gasteiger partial charge in [0.05, 0.1) is 0 Å². The highest BCUT2D eigenvalue weighted by molar-refractivity contribution is 4.77. The van der Waals surface area contributed by atoms with Gasteiger partial charge in [-0.25, -0.2) is 0 Å². The molecule has 2 unspecified atom stereocenters. The van der Waals surface area contributed by atoms with Crippen molar-refractivity contribution in [1.29, 1.82) is 0 Å². The molecule has 2 rings (SSSR count). The average Bonchev–Trinajstić information content (AvgIpc) is 2.79. The van der Waals surface area contributed by atoms with Crippen molar-refractivity contribution in [2.24, 2.45) is 11.8 Å². The molecule has 0 aromatic carbocycles. The second kappa shape index (κ2) is 15.7. The van der Waals surface area contributed by atoms with Gasteiger partial charge < -0.3 is 4.90 Å². The van der Waals surface area contributed by atoms with Gasteiger partial charge in [0.1, 0.15) is 0 Å². The molecule has 0 spiro atoms. The smallest absolute Gasteiger partial charge is 0.0112 e. The van der Waals surface area contributed by atoms with Crippen LogP contribution in [0.15, 0.2) is 0 Å². The molecule has 2 atom stereocenters. The number of hydrogen-bond donors (Lipinski definition) is 0. The topological polar surface area (TPSA) is 9.72 Å². The first kappa shape index (κ1) is 27.1. The zero-order chi connectivity index (χ0) is 22.5. The van der Waals surface area contributed by atoms with E-state index in [4.69, 9.17) is 0 Å². The Bertz CT molecular complexity index is 390. The molecule has 0 aromatic rings. The molecule has 2 saturated carbocycles. The van der Waals surface area contributed by atoms with Crippen LogP contribution in [0.4, 0.5) is 0 Å². The summed E-state index contributed by atoms with van der Waals surface area (Å²) in [6.07, 6.45) is 17.6. The third-order valence-electron chi connectivity index (χ3n) is 8.71. The Hall–Kier alpha value is -0.120. The Balaban J connectivity index is 1.71. The maximum atomic E-state index is 2.75. The van der Waals surface area contributed by atoms with Crippen LogP contribution in [0.5, 0.6) is 0 Å². The van der Waals surface area contributed by atoms with Crippen molar-refractivity contribution >= 4 is 0 Å². The molecule has 0 aliphatic heterocycles. The molecule has 0 saturated heterocycles. The Morgan fingerprint density at radius 1 is 0.548 bits per heavy atom. The minimum Gasteiger partial charge on any atom is -0.301 e. The highest BCUT2D eigenvalue weighted by Gasteiger charge is 2.22. The van der Waals surface area contributed by atoms with Gasteiger partial charge in [0, 0.05) is 38.3 Å². The van der Waals surface area contributed by atoms with Crippen LogP contribution in [-0.4, -0.2) is 72.6 Å². The van der Waals surface area contributed by atoms with Crippen LogP contribution >= 0.6 is 0 Å². The SMILES string of the molecule is CCN(CCN(CC)C(C)CC1CCCCC1)CCN(CC)C(C)CC1CCCCC1. The molecule has 0 aromatic heterocycles. The van der Waals surface area contributed by atoms with E-state index in [1.54, 1.807) is 0 Å². The lowest BCUT2D eigenvalue weighted by Gasteiger charge is -2.35. The summed E-state index contributed by atoms with van der Waals surface area (Å²) in [6, 6.07) is 1.49. The number of hydrogen-bond acceptors (Lipinski definition) is 3. The van der Waals surface area contributed by atoms with E-state index in [9.17, 15) is 0 Å². The third-order valence-corrected chi connectivity index (χ3v) is 8.71. The average molecular weight is 436 g/mol. The van der Waals surface area contributed by atoms with Crippen LogP contribution < -0.4 is 0 Å². The Morgan fingerprint density at radius 2 is 0.935 bits per heavy atom. The van der Waals surface area contributed by atoms with Gasteiger partial charge >= 0.3 is 0 Å². The summed E-state index contributed by atoms with van der Waals surface area (Å²) in [5, 5.41) is 0. The fraction of sp³-hybridized carbons (Fsp3) is 1.00. The van der Waals surface area contributed by atoms with E-state index in [0.29, 0.717) is 0 Å². The zero-order valence-corrected chi connectivity index (χ0v) is 22.1. The van der Waals surface area contributed by atoms with Crippen LogP contribution in [0.2, 0.25) is 0 Å². The molecule has 0 heterocycles. The predicted octanol–water partition coefficient (Wildman–Crippen LogP) is 6.67. The van der Waals surface area contributed by atoms with Gasteiger partial charge in [-0.15, -0.1) is 0 Å². The molecule has 2 fully saturated rings. The molecular formula is C28H57N3. The van der Waals surface area contributed by atoms with Crippen molar-refractivity contribution in [3.8, 4) is 0 Å². The Morgan fingerprint density at radius 3 is 1.26 bits per heavy atom. The summed E-state index contributed by atoms with van der Waals surface area (Å²) in [7, 11) is 0. The number of rotatable bonds is 15. The molecule has 0 N–H and O–H groups in total. The first-order chi connectivity index (χ1) is 15.1. The number of nitrogens with zero attached hydrogens (tertiary/aromatic N) is 3. The second-order valence-electron chi connectivity index (χ2n) is 10.9. The van der Waals surface area contributed by atoms with Gasteiger partial charge in [-0.05, 0) is 58.2 Å². The standard InChI is InChI=1S/C28H57N3/c1-6-29(19-21-30(7-2)25(4)23-27-15-11-9-12-16-27)20-22-31(8-3)26(5)24-28-17-13-10-14-18-28/h25-28H,6-24H2,1-5H3. The lowest BCUT2D eigenvalue weighted by atomic mass is 9.85. The molecule has 2 aliphatic rings. The lowest BCUT2D eigenvalue weighted by molar-refractivity contribution is 0.128. The van der Waals surface area contributed by atoms with E-state index in [0.717, 1.165) is 23.9 Å². The minimum atomic E-state index is 0.745. The van der Waals surface area contributed by atoms with Gasteiger partial charge in [-0.2, -0.15) is 0 Å². The van der Waals surface area contributed by atoms with E-state index < -0.39 is 0 Å². The maximum Gasteiger partial charge on any atom is 0.0112 e. The second-order valence-corrected chi connectivity index (χ2v) is 10.9. The first-order valence-corrected chi connectivity index (χ1v) is 14.3. The number of likely N-dealkylation sites (N-methyl/N-ethyl adjacent to an activating group) is 3. The highest BCUT2D eigenvalue weighted by Crippen LogP contribution is 2.29. The van der Waals surface area contributed by atoms with Gasteiger partial charge in [0.25, 0.3) is 0 Å². The van der Waals surface area contributed by atoms with E-state index in [2.05, 4.69) is 49.3 Å². The molecule has 31 heavy (non-hydrogen) atoms. The highest BCUT2D eigenvalue weighted by atomic mass is 15.2. The zero-order valence-electron chi connectivity index (χ0n) is 22.1. The summed E-state index contributed by atoms with van der Waals surface area (Å²) in [5.74, 6) is 1.98. The van der Waals surface area contributed by atoms with E-state index >= 15 is 0 Å². The molecule has 3 nitrogen and oxygen atoms in total. The molecule has 0 bridgehead atoms. The van der Waals surface area contributed by atoms with E-state index in [1.165, 1.54) is 123 Å². The van der Waals surface area contributed by atoms with Crippen LogP contribution in [0.3, 0.4) is 0 Å². The fourth-order valence-electron chi connectivity index (χ4n) is 6.46. The van der Waals surface area contributed by atoms with E-state index in [-0.39, 0.29) is 0 Å². The van der Waals surface area contributed by atoms with Gasteiger partial charge in [-0.3, -0.25) is 9.80 Å². The third kappa shape index (κ3) is 10.1. The molecule has 0 radical (unpaired) electrons. The fourth-order valence-corrected chi connectivity index (χ4v) is 6.46. The van der Waals surface area contributed by atoms with Gasteiger partial charge in [-0.1, -0.05) is 85.0 Å². The van der Waals surface area contributed by atoms with Crippen molar-refractivity contribution in [2.75, 3.05) is 45.8 Å². The van der Waals surface area contributed by atoms with Crippen molar-refractivity contribution in [3.63, 3.8) is 0 Å². The summed E-state index contributed by atoms with van der Waals surface area (Å²) in [4.78, 5) is 8.20.